The van der Waals surface area contributed by atoms with Crippen molar-refractivity contribution in [1.82, 2.24) is 0 Å². The van der Waals surface area contributed by atoms with E-state index < -0.39 is 5.97 Å². The first-order chi connectivity index (χ1) is 10.0. The maximum Gasteiger partial charge on any atom is 0.337 e. The number of halogens is 1. The molecule has 4 nitrogen and oxygen atoms in total. The maximum absolute atomic E-state index is 12.3. The monoisotopic (exact) mass is 307 g/mol. The fourth-order valence-corrected chi connectivity index (χ4v) is 2.62. The lowest BCUT2D eigenvalue weighted by Crippen LogP contribution is -2.18. The molecule has 1 aromatic rings. The van der Waals surface area contributed by atoms with Crippen molar-refractivity contribution >= 4 is 29.2 Å². The van der Waals surface area contributed by atoms with Crippen LogP contribution in [0.4, 0.5) is 5.69 Å². The Labute approximate surface area is 129 Å². The largest absolute Gasteiger partial charge is 0.465 e. The van der Waals surface area contributed by atoms with Gasteiger partial charge in [-0.15, -0.1) is 0 Å². The van der Waals surface area contributed by atoms with E-state index >= 15 is 0 Å². The van der Waals surface area contributed by atoms with Crippen LogP contribution in [0.3, 0.4) is 0 Å². The van der Waals surface area contributed by atoms with Gasteiger partial charge in [0.2, 0.25) is 0 Å². The van der Waals surface area contributed by atoms with E-state index in [1.807, 2.05) is 6.92 Å². The van der Waals surface area contributed by atoms with Crippen LogP contribution < -0.4 is 5.32 Å². The number of ether oxygens (including phenoxy) is 1. The van der Waals surface area contributed by atoms with Crippen LogP contribution in [0.25, 0.3) is 0 Å². The SMILES string of the molecule is COC(=O)c1ccc(C)c(NC(=O)C2=C(Cl)CCCC2)c1. The molecule has 1 aromatic carbocycles. The van der Waals surface area contributed by atoms with Crippen LogP contribution in [0, 0.1) is 6.92 Å². The zero-order chi connectivity index (χ0) is 15.4. The lowest BCUT2D eigenvalue weighted by molar-refractivity contribution is -0.113. The Morgan fingerprint density at radius 3 is 2.62 bits per heavy atom. The van der Waals surface area contributed by atoms with Crippen molar-refractivity contribution in [3.05, 3.63) is 39.9 Å². The van der Waals surface area contributed by atoms with Gasteiger partial charge in [-0.1, -0.05) is 17.7 Å². The first-order valence-electron chi connectivity index (χ1n) is 6.90. The third-order valence-electron chi connectivity index (χ3n) is 3.58. The van der Waals surface area contributed by atoms with Crippen molar-refractivity contribution in [2.24, 2.45) is 0 Å². The van der Waals surface area contributed by atoms with Crippen LogP contribution in [0.15, 0.2) is 28.8 Å². The fraction of sp³-hybridized carbons (Fsp3) is 0.375. The molecule has 1 aliphatic carbocycles. The number of hydrogen-bond donors (Lipinski definition) is 1. The number of esters is 1. The van der Waals surface area contributed by atoms with Gasteiger partial charge in [-0.05, 0) is 50.3 Å². The van der Waals surface area contributed by atoms with Crippen LogP contribution in [-0.2, 0) is 9.53 Å². The van der Waals surface area contributed by atoms with Gasteiger partial charge in [0, 0.05) is 16.3 Å². The van der Waals surface area contributed by atoms with Crippen molar-refractivity contribution < 1.29 is 14.3 Å². The Bertz CT molecular complexity index is 608. The highest BCUT2D eigenvalue weighted by Crippen LogP contribution is 2.29. The predicted molar refractivity (Wildman–Crippen MR) is 82.5 cm³/mol. The Balaban J connectivity index is 2.22. The molecular formula is C16H18ClNO3. The van der Waals surface area contributed by atoms with Gasteiger partial charge in [-0.25, -0.2) is 4.79 Å². The smallest absolute Gasteiger partial charge is 0.337 e. The van der Waals surface area contributed by atoms with Gasteiger partial charge < -0.3 is 10.1 Å². The van der Waals surface area contributed by atoms with Crippen molar-refractivity contribution in [1.29, 1.82) is 0 Å². The van der Waals surface area contributed by atoms with E-state index in [0.717, 1.165) is 24.8 Å². The fourth-order valence-electron chi connectivity index (χ4n) is 2.30. The summed E-state index contributed by atoms with van der Waals surface area (Å²) in [5.41, 5.74) is 2.53. The Morgan fingerprint density at radius 1 is 1.24 bits per heavy atom. The number of hydrogen-bond acceptors (Lipinski definition) is 3. The number of anilines is 1. The van der Waals surface area contributed by atoms with Crippen molar-refractivity contribution in [2.75, 3.05) is 12.4 Å². The summed E-state index contributed by atoms with van der Waals surface area (Å²) in [6, 6.07) is 5.07. The number of nitrogens with one attached hydrogen (secondary N) is 1. The molecule has 0 heterocycles. The van der Waals surface area contributed by atoms with Gasteiger partial charge in [0.15, 0.2) is 0 Å². The number of amides is 1. The molecule has 0 aromatic heterocycles. The second kappa shape index (κ2) is 6.76. The van der Waals surface area contributed by atoms with Gasteiger partial charge in [0.25, 0.3) is 5.91 Å². The van der Waals surface area contributed by atoms with Crippen LogP contribution in [0.5, 0.6) is 0 Å². The van der Waals surface area contributed by atoms with E-state index in [0.29, 0.717) is 28.3 Å². The molecule has 0 saturated carbocycles. The second-order valence-electron chi connectivity index (χ2n) is 5.07. The molecule has 112 valence electrons. The van der Waals surface area contributed by atoms with E-state index in [9.17, 15) is 9.59 Å². The minimum Gasteiger partial charge on any atom is -0.465 e. The number of aryl methyl sites for hydroxylation is 1. The molecule has 0 fully saturated rings. The van der Waals surface area contributed by atoms with Crippen molar-refractivity contribution in [3.63, 3.8) is 0 Å². The first kappa shape index (κ1) is 15.6. The molecule has 1 N–H and O–H groups in total. The Kier molecular flexibility index (Phi) is 5.02. The molecule has 5 heteroatoms. The van der Waals surface area contributed by atoms with Crippen LogP contribution in [-0.4, -0.2) is 19.0 Å². The van der Waals surface area contributed by atoms with E-state index in [-0.39, 0.29) is 5.91 Å². The van der Waals surface area contributed by atoms with Gasteiger partial charge in [-0.3, -0.25) is 4.79 Å². The zero-order valence-electron chi connectivity index (χ0n) is 12.2. The quantitative estimate of drug-likeness (QED) is 0.864. The van der Waals surface area contributed by atoms with Crippen LogP contribution in [0.1, 0.15) is 41.6 Å². The van der Waals surface area contributed by atoms with Gasteiger partial charge in [0.1, 0.15) is 0 Å². The summed E-state index contributed by atoms with van der Waals surface area (Å²) in [5.74, 6) is -0.620. The highest BCUT2D eigenvalue weighted by atomic mass is 35.5. The summed E-state index contributed by atoms with van der Waals surface area (Å²) in [7, 11) is 1.33. The highest BCUT2D eigenvalue weighted by molar-refractivity contribution is 6.32. The van der Waals surface area contributed by atoms with Crippen molar-refractivity contribution in [3.8, 4) is 0 Å². The van der Waals surface area contributed by atoms with E-state index in [2.05, 4.69) is 10.1 Å². The number of rotatable bonds is 3. The first-order valence-corrected chi connectivity index (χ1v) is 7.28. The van der Waals surface area contributed by atoms with Crippen LogP contribution >= 0.6 is 11.6 Å². The molecule has 1 amide bonds. The molecule has 1 aliphatic rings. The number of methoxy groups -OCH3 is 1. The molecule has 0 radical (unpaired) electrons. The normalized spacial score (nSPS) is 14.8. The molecule has 0 bridgehead atoms. The summed E-state index contributed by atoms with van der Waals surface area (Å²) in [4.78, 5) is 23.9. The zero-order valence-corrected chi connectivity index (χ0v) is 12.9. The third-order valence-corrected chi connectivity index (χ3v) is 4.00. The topological polar surface area (TPSA) is 55.4 Å². The Morgan fingerprint density at radius 2 is 1.95 bits per heavy atom. The average Bonchev–Trinajstić information content (AvgIpc) is 2.49. The summed E-state index contributed by atoms with van der Waals surface area (Å²) >= 11 is 6.13. The Hall–Kier alpha value is -1.81. The molecule has 0 atom stereocenters. The van der Waals surface area contributed by atoms with Gasteiger partial charge in [0.05, 0.1) is 12.7 Å². The van der Waals surface area contributed by atoms with E-state index in [4.69, 9.17) is 11.6 Å². The van der Waals surface area contributed by atoms with Gasteiger partial charge in [-0.2, -0.15) is 0 Å². The summed E-state index contributed by atoms with van der Waals surface area (Å²) in [6.45, 7) is 1.87. The minimum absolute atomic E-state index is 0.190. The summed E-state index contributed by atoms with van der Waals surface area (Å²) in [5, 5.41) is 3.48. The average molecular weight is 308 g/mol. The molecule has 0 saturated heterocycles. The molecule has 0 spiro atoms. The molecule has 21 heavy (non-hydrogen) atoms. The highest BCUT2D eigenvalue weighted by Gasteiger charge is 2.19. The van der Waals surface area contributed by atoms with E-state index in [1.54, 1.807) is 18.2 Å². The maximum atomic E-state index is 12.3. The van der Waals surface area contributed by atoms with Gasteiger partial charge >= 0.3 is 5.97 Å². The van der Waals surface area contributed by atoms with Crippen LogP contribution in [0.2, 0.25) is 0 Å². The van der Waals surface area contributed by atoms with E-state index in [1.165, 1.54) is 7.11 Å². The van der Waals surface area contributed by atoms with Crippen molar-refractivity contribution in [2.45, 2.75) is 32.6 Å². The number of benzene rings is 1. The summed E-state index contributed by atoms with van der Waals surface area (Å²) < 4.78 is 4.69. The number of allylic oxidation sites excluding steroid dienone is 1. The lowest BCUT2D eigenvalue weighted by Gasteiger charge is -2.17. The number of carbonyl (C=O) groups is 2. The lowest BCUT2D eigenvalue weighted by atomic mass is 9.98. The molecule has 2 rings (SSSR count). The summed E-state index contributed by atoms with van der Waals surface area (Å²) in [6.07, 6.45) is 3.44. The molecular weight excluding hydrogens is 290 g/mol. The minimum atomic E-state index is -0.430. The third kappa shape index (κ3) is 3.64. The molecule has 0 unspecified atom stereocenters. The predicted octanol–water partition coefficient (Wildman–Crippen LogP) is 3.79. The molecule has 0 aliphatic heterocycles. The number of carbonyl (C=O) groups excluding carboxylic acids is 2. The standard InChI is InChI=1S/C16H18ClNO3/c1-10-7-8-11(16(20)21-2)9-14(10)18-15(19)12-5-3-4-6-13(12)17/h7-9H,3-6H2,1-2H3,(H,18,19). The second-order valence-corrected chi connectivity index (χ2v) is 5.52.